The average Bonchev–Trinajstić information content (AvgIpc) is 3.24. The molecule has 1 saturated heterocycles. The monoisotopic (exact) mass is 373 g/mol. The van der Waals surface area contributed by atoms with Crippen LogP contribution in [0, 0.1) is 0 Å². The molecule has 1 aliphatic heterocycles. The van der Waals surface area contributed by atoms with E-state index < -0.39 is 0 Å². The van der Waals surface area contributed by atoms with Crippen LogP contribution in [0.4, 0.5) is 10.8 Å². The van der Waals surface area contributed by atoms with Crippen LogP contribution in [-0.4, -0.2) is 36.4 Å². The lowest BCUT2D eigenvalue weighted by Crippen LogP contribution is -2.23. The fraction of sp³-hybridized carbons (Fsp3) is 0.333. The first-order valence-electron chi connectivity index (χ1n) is 8.25. The molecule has 136 valence electrons. The fourth-order valence-electron chi connectivity index (χ4n) is 2.73. The lowest BCUT2D eigenvalue weighted by molar-refractivity contribution is -0.139. The zero-order valence-corrected chi connectivity index (χ0v) is 15.2. The summed E-state index contributed by atoms with van der Waals surface area (Å²) in [6.45, 7) is 0.747. The van der Waals surface area contributed by atoms with Crippen LogP contribution in [0.25, 0.3) is 0 Å². The zero-order chi connectivity index (χ0) is 18.5. The average molecular weight is 373 g/mol. The minimum Gasteiger partial charge on any atom is -0.469 e. The van der Waals surface area contributed by atoms with E-state index in [4.69, 9.17) is 0 Å². The highest BCUT2D eigenvalue weighted by atomic mass is 32.1. The number of rotatable bonds is 6. The molecule has 0 spiro atoms. The van der Waals surface area contributed by atoms with Crippen molar-refractivity contribution in [2.24, 2.45) is 0 Å². The van der Waals surface area contributed by atoms with E-state index in [9.17, 15) is 14.4 Å². The highest BCUT2D eigenvalue weighted by molar-refractivity contribution is 7.13. The van der Waals surface area contributed by atoms with Crippen molar-refractivity contribution >= 4 is 39.9 Å². The number of aromatic nitrogens is 1. The van der Waals surface area contributed by atoms with Gasteiger partial charge in [-0.15, -0.1) is 11.3 Å². The summed E-state index contributed by atoms with van der Waals surface area (Å²) in [5, 5.41) is 4.90. The van der Waals surface area contributed by atoms with Gasteiger partial charge in [-0.3, -0.25) is 14.4 Å². The van der Waals surface area contributed by atoms with Gasteiger partial charge in [0, 0.05) is 24.0 Å². The van der Waals surface area contributed by atoms with Crippen molar-refractivity contribution in [3.8, 4) is 0 Å². The Morgan fingerprint density at radius 1 is 1.27 bits per heavy atom. The number of methoxy groups -OCH3 is 1. The predicted molar refractivity (Wildman–Crippen MR) is 98.2 cm³/mol. The van der Waals surface area contributed by atoms with Crippen LogP contribution in [0.15, 0.2) is 29.6 Å². The van der Waals surface area contributed by atoms with E-state index in [2.05, 4.69) is 15.0 Å². The van der Waals surface area contributed by atoms with Gasteiger partial charge >= 0.3 is 5.97 Å². The van der Waals surface area contributed by atoms with Crippen LogP contribution in [0.5, 0.6) is 0 Å². The number of nitrogens with one attached hydrogen (secondary N) is 1. The van der Waals surface area contributed by atoms with Gasteiger partial charge in [-0.05, 0) is 24.1 Å². The molecule has 1 aromatic heterocycles. The number of nitrogens with zero attached hydrogens (tertiary/aromatic N) is 2. The van der Waals surface area contributed by atoms with Gasteiger partial charge in [0.1, 0.15) is 0 Å². The summed E-state index contributed by atoms with van der Waals surface area (Å²) < 4.78 is 4.59. The molecular weight excluding hydrogens is 354 g/mol. The molecule has 2 aromatic rings. The minimum absolute atomic E-state index is 0.0829. The fourth-order valence-corrected chi connectivity index (χ4v) is 3.46. The second kappa shape index (κ2) is 8.09. The topological polar surface area (TPSA) is 88.6 Å². The molecule has 1 N–H and O–H groups in total. The maximum atomic E-state index is 12.2. The molecule has 0 saturated carbocycles. The summed E-state index contributed by atoms with van der Waals surface area (Å²) in [7, 11) is 1.32. The summed E-state index contributed by atoms with van der Waals surface area (Å²) >= 11 is 1.27. The third-order valence-corrected chi connectivity index (χ3v) is 4.84. The maximum Gasteiger partial charge on any atom is 0.311 e. The molecule has 0 unspecified atom stereocenters. The molecule has 1 aliphatic rings. The Kier molecular flexibility index (Phi) is 5.62. The molecule has 26 heavy (non-hydrogen) atoms. The van der Waals surface area contributed by atoms with Gasteiger partial charge in [0.2, 0.25) is 11.8 Å². The minimum atomic E-state index is -0.371. The number of hydrogen-bond acceptors (Lipinski definition) is 6. The van der Waals surface area contributed by atoms with E-state index in [1.54, 1.807) is 10.3 Å². The molecule has 8 heteroatoms. The Morgan fingerprint density at radius 3 is 2.69 bits per heavy atom. The van der Waals surface area contributed by atoms with Crippen LogP contribution < -0.4 is 10.2 Å². The first kappa shape index (κ1) is 18.1. The zero-order valence-electron chi connectivity index (χ0n) is 14.4. The van der Waals surface area contributed by atoms with Gasteiger partial charge in [-0.1, -0.05) is 12.1 Å². The van der Waals surface area contributed by atoms with E-state index in [-0.39, 0.29) is 30.6 Å². The number of benzene rings is 1. The van der Waals surface area contributed by atoms with E-state index >= 15 is 0 Å². The van der Waals surface area contributed by atoms with Gasteiger partial charge < -0.3 is 15.0 Å². The smallest absolute Gasteiger partial charge is 0.311 e. The predicted octanol–water partition coefficient (Wildman–Crippen LogP) is 2.17. The van der Waals surface area contributed by atoms with Crippen molar-refractivity contribution in [3.63, 3.8) is 0 Å². The molecule has 3 rings (SSSR count). The lowest BCUT2D eigenvalue weighted by Gasteiger charge is -2.15. The summed E-state index contributed by atoms with van der Waals surface area (Å²) in [6, 6.07) is 7.43. The third kappa shape index (κ3) is 4.45. The Labute approximate surface area is 155 Å². The summed E-state index contributed by atoms with van der Waals surface area (Å²) in [5.74, 6) is -0.416. The first-order chi connectivity index (χ1) is 12.5. The molecule has 0 radical (unpaired) electrons. The lowest BCUT2D eigenvalue weighted by atomic mass is 10.1. The summed E-state index contributed by atoms with van der Waals surface area (Å²) in [6.07, 6.45) is 1.77. The summed E-state index contributed by atoms with van der Waals surface area (Å²) in [4.78, 5) is 41.1. The molecule has 7 nitrogen and oxygen atoms in total. The van der Waals surface area contributed by atoms with E-state index in [1.165, 1.54) is 18.4 Å². The second-order valence-corrected chi connectivity index (χ2v) is 6.80. The second-order valence-electron chi connectivity index (χ2n) is 5.94. The van der Waals surface area contributed by atoms with Crippen LogP contribution >= 0.6 is 11.3 Å². The number of thiazole rings is 1. The van der Waals surface area contributed by atoms with Crippen molar-refractivity contribution < 1.29 is 19.1 Å². The number of esters is 1. The third-order valence-electron chi connectivity index (χ3n) is 4.04. The quantitative estimate of drug-likeness (QED) is 0.784. The number of carbonyl (C=O) groups excluding carboxylic acids is 3. The van der Waals surface area contributed by atoms with Crippen LogP contribution in [0.1, 0.15) is 24.1 Å². The molecule has 0 bridgehead atoms. The van der Waals surface area contributed by atoms with E-state index in [1.807, 2.05) is 24.3 Å². The number of amides is 2. The normalized spacial score (nSPS) is 13.7. The molecule has 1 fully saturated rings. The van der Waals surface area contributed by atoms with Gasteiger partial charge in [-0.2, -0.15) is 0 Å². The molecule has 1 aromatic carbocycles. The molecular formula is C18H19N3O4S. The van der Waals surface area contributed by atoms with Crippen LogP contribution in [0.2, 0.25) is 0 Å². The van der Waals surface area contributed by atoms with Crippen molar-refractivity contribution in [2.45, 2.75) is 25.7 Å². The SMILES string of the molecule is COC(=O)Cc1csc(NC(=O)Cc2ccc(N3CCCC3=O)cc2)n1. The number of ether oxygens (including phenoxy) is 1. The number of carbonyl (C=O) groups is 3. The Morgan fingerprint density at radius 2 is 2.04 bits per heavy atom. The molecule has 2 heterocycles. The van der Waals surface area contributed by atoms with E-state index in [0.29, 0.717) is 17.2 Å². The van der Waals surface area contributed by atoms with Gasteiger partial charge in [0.15, 0.2) is 5.13 Å². The van der Waals surface area contributed by atoms with Gasteiger partial charge in [-0.25, -0.2) is 4.98 Å². The van der Waals surface area contributed by atoms with Crippen molar-refractivity contribution in [1.82, 2.24) is 4.98 Å². The summed E-state index contributed by atoms with van der Waals surface area (Å²) in [5.41, 5.74) is 2.28. The largest absolute Gasteiger partial charge is 0.469 e. The van der Waals surface area contributed by atoms with Gasteiger partial charge in [0.25, 0.3) is 0 Å². The van der Waals surface area contributed by atoms with Crippen molar-refractivity contribution in [3.05, 3.63) is 40.9 Å². The van der Waals surface area contributed by atoms with Crippen molar-refractivity contribution in [2.75, 3.05) is 23.9 Å². The van der Waals surface area contributed by atoms with Crippen LogP contribution in [-0.2, 0) is 32.0 Å². The standard InChI is InChI=1S/C18H19N3O4S/c1-25-17(24)10-13-11-26-18(19-13)20-15(22)9-12-4-6-14(7-5-12)21-8-2-3-16(21)23/h4-7,11H,2-3,8-10H2,1H3,(H,19,20,22). The molecule has 0 aliphatic carbocycles. The Bertz CT molecular complexity index is 816. The molecule has 2 amide bonds. The molecule has 0 atom stereocenters. The van der Waals surface area contributed by atoms with E-state index in [0.717, 1.165) is 24.2 Å². The van der Waals surface area contributed by atoms with Gasteiger partial charge in [0.05, 0.1) is 25.6 Å². The maximum absolute atomic E-state index is 12.2. The Balaban J connectivity index is 1.55. The van der Waals surface area contributed by atoms with Crippen LogP contribution in [0.3, 0.4) is 0 Å². The van der Waals surface area contributed by atoms with Crippen molar-refractivity contribution in [1.29, 1.82) is 0 Å². The number of anilines is 2. The number of hydrogen-bond donors (Lipinski definition) is 1. The highest BCUT2D eigenvalue weighted by Crippen LogP contribution is 2.22. The first-order valence-corrected chi connectivity index (χ1v) is 9.13. The Hall–Kier alpha value is -2.74. The highest BCUT2D eigenvalue weighted by Gasteiger charge is 2.21.